The van der Waals surface area contributed by atoms with Crippen LogP contribution in [-0.4, -0.2) is 104 Å². The van der Waals surface area contributed by atoms with E-state index in [1.807, 2.05) is 97.9 Å². The van der Waals surface area contributed by atoms with E-state index in [0.29, 0.717) is 51.6 Å². The number of fused-ring (bicyclic) bond motifs is 1. The van der Waals surface area contributed by atoms with Gasteiger partial charge >= 0.3 is 0 Å². The van der Waals surface area contributed by atoms with Gasteiger partial charge in [-0.2, -0.15) is 5.06 Å². The largest absolute Gasteiger partial charge is 0.356 e. The van der Waals surface area contributed by atoms with Crippen molar-refractivity contribution in [2.45, 2.75) is 142 Å². The van der Waals surface area contributed by atoms with Gasteiger partial charge in [0.1, 0.15) is 18.1 Å². The zero-order chi connectivity index (χ0) is 39.1. The van der Waals surface area contributed by atoms with Crippen molar-refractivity contribution in [3.8, 4) is 0 Å². The molecule has 3 aliphatic heterocycles. The summed E-state index contributed by atoms with van der Waals surface area (Å²) >= 11 is 0. The van der Waals surface area contributed by atoms with Crippen LogP contribution in [0.4, 0.5) is 0 Å². The van der Waals surface area contributed by atoms with Crippen LogP contribution < -0.4 is 16.0 Å². The molecule has 294 valence electrons. The molecule has 4 atom stereocenters. The Balaban J connectivity index is 1.57. The Morgan fingerprint density at radius 1 is 0.962 bits per heavy atom. The van der Waals surface area contributed by atoms with Crippen LogP contribution in [0, 0.1) is 17.8 Å². The molecule has 0 aromatic heterocycles. The maximum atomic E-state index is 14.4. The molecule has 1 aromatic rings. The van der Waals surface area contributed by atoms with Crippen LogP contribution in [0.1, 0.15) is 106 Å². The van der Waals surface area contributed by atoms with Gasteiger partial charge in [0.05, 0.1) is 0 Å². The molecule has 0 saturated carbocycles. The molecule has 3 aliphatic rings. The molecule has 0 aliphatic carbocycles. The summed E-state index contributed by atoms with van der Waals surface area (Å²) in [5, 5.41) is 21.2. The van der Waals surface area contributed by atoms with Crippen LogP contribution >= 0.6 is 0 Å². The number of benzene rings is 1. The standard InChI is InChI=1S/C41H64N6O6/c1-27(2)23-34-38(51)44-32(24-29-15-10-9-11-16-29)39(52)46-22-14-18-33(46)37(50)43-31(28(3)4)17-13-21-45(34)35(48)19-12-20-42-36(49)30-25-40(5,6)47(53)41(7,8)26-30/h9-11,13,15-17,27-28,30-34,53H,12,14,18-26H2,1-8H3,(H,42,49)(H,43,50)(H,44,51)/b17-13+/t31-,32-,33+,34+/m1/s1. The molecule has 4 rings (SSSR count). The van der Waals surface area contributed by atoms with Crippen molar-refractivity contribution in [3.05, 3.63) is 48.0 Å². The van der Waals surface area contributed by atoms with Gasteiger partial charge in [0.15, 0.2) is 0 Å². The Kier molecular flexibility index (Phi) is 14.3. The van der Waals surface area contributed by atoms with Crippen molar-refractivity contribution in [2.75, 3.05) is 19.6 Å². The average molecular weight is 737 g/mol. The lowest BCUT2D eigenvalue weighted by molar-refractivity contribution is -0.249. The molecule has 12 heteroatoms. The minimum Gasteiger partial charge on any atom is -0.356 e. The third-order valence-electron chi connectivity index (χ3n) is 11.0. The summed E-state index contributed by atoms with van der Waals surface area (Å²) in [5.74, 6) is -1.42. The SMILES string of the molecule is CC(C)C[C@H]1C(=O)N[C@H](Cc2ccccc2)C(=O)N2CCC[C@H]2C(=O)N[C@@H](C(C)C)/C=C/CN1C(=O)CCCNC(=O)C1CC(C)(C)N(O)C(C)(C)C1. The summed E-state index contributed by atoms with van der Waals surface area (Å²) in [4.78, 5) is 72.8. The Bertz CT molecular complexity index is 1460. The lowest BCUT2D eigenvalue weighted by Crippen LogP contribution is -2.60. The molecule has 0 bridgehead atoms. The minimum atomic E-state index is -0.924. The molecule has 5 amide bonds. The fraction of sp³-hybridized carbons (Fsp3) is 0.683. The van der Waals surface area contributed by atoms with Crippen LogP contribution in [0.2, 0.25) is 0 Å². The van der Waals surface area contributed by atoms with E-state index in [1.165, 1.54) is 5.06 Å². The fourth-order valence-corrected chi connectivity index (χ4v) is 8.26. The molecule has 2 saturated heterocycles. The van der Waals surface area contributed by atoms with E-state index in [0.717, 1.165) is 5.56 Å². The smallest absolute Gasteiger partial charge is 0.246 e. The monoisotopic (exact) mass is 736 g/mol. The third-order valence-corrected chi connectivity index (χ3v) is 11.0. The topological polar surface area (TPSA) is 151 Å². The first-order valence-electron chi connectivity index (χ1n) is 19.6. The van der Waals surface area contributed by atoms with Crippen LogP contribution in [0.3, 0.4) is 0 Å². The number of nitrogens with one attached hydrogen (secondary N) is 3. The van der Waals surface area contributed by atoms with Crippen molar-refractivity contribution in [1.82, 2.24) is 30.8 Å². The highest BCUT2D eigenvalue weighted by atomic mass is 16.5. The number of piperidine rings is 1. The van der Waals surface area contributed by atoms with Gasteiger partial charge in [-0.3, -0.25) is 24.0 Å². The minimum absolute atomic E-state index is 0.0442. The summed E-state index contributed by atoms with van der Waals surface area (Å²) in [5.41, 5.74) is -0.243. The molecule has 12 nitrogen and oxygen atoms in total. The van der Waals surface area contributed by atoms with Crippen molar-refractivity contribution < 1.29 is 29.2 Å². The molecule has 0 unspecified atom stereocenters. The van der Waals surface area contributed by atoms with Gasteiger partial charge in [-0.15, -0.1) is 0 Å². The van der Waals surface area contributed by atoms with E-state index in [-0.39, 0.29) is 66.8 Å². The van der Waals surface area contributed by atoms with Crippen LogP contribution in [0.5, 0.6) is 0 Å². The highest BCUT2D eigenvalue weighted by Crippen LogP contribution is 2.40. The first-order valence-corrected chi connectivity index (χ1v) is 19.6. The second kappa shape index (κ2) is 18.0. The van der Waals surface area contributed by atoms with E-state index in [1.54, 1.807) is 9.80 Å². The number of amides is 5. The molecule has 3 heterocycles. The molecule has 4 N–H and O–H groups in total. The quantitative estimate of drug-likeness (QED) is 0.208. The van der Waals surface area contributed by atoms with E-state index in [2.05, 4.69) is 16.0 Å². The van der Waals surface area contributed by atoms with Crippen molar-refractivity contribution >= 4 is 29.5 Å². The summed E-state index contributed by atoms with van der Waals surface area (Å²) in [7, 11) is 0. The second-order valence-electron chi connectivity index (χ2n) is 17.3. The van der Waals surface area contributed by atoms with Crippen LogP contribution in [-0.2, 0) is 30.4 Å². The molecule has 0 spiro atoms. The summed E-state index contributed by atoms with van der Waals surface area (Å²) in [6.07, 6.45) is 7.12. The maximum absolute atomic E-state index is 14.4. The van der Waals surface area contributed by atoms with E-state index < -0.39 is 35.1 Å². The van der Waals surface area contributed by atoms with Crippen LogP contribution in [0.25, 0.3) is 0 Å². The van der Waals surface area contributed by atoms with Crippen molar-refractivity contribution in [3.63, 3.8) is 0 Å². The predicted molar refractivity (Wildman–Crippen MR) is 204 cm³/mol. The highest BCUT2D eigenvalue weighted by molar-refractivity contribution is 5.95. The van der Waals surface area contributed by atoms with Gasteiger partial charge in [0.2, 0.25) is 29.5 Å². The number of carbonyl (C=O) groups is 5. The Labute approximate surface area is 316 Å². The number of rotatable bonds is 10. The van der Waals surface area contributed by atoms with Crippen molar-refractivity contribution in [1.29, 1.82) is 0 Å². The molecular formula is C41H64N6O6. The van der Waals surface area contributed by atoms with Crippen molar-refractivity contribution in [2.24, 2.45) is 17.8 Å². The summed E-state index contributed by atoms with van der Waals surface area (Å²) in [6, 6.07) is 6.77. The van der Waals surface area contributed by atoms with E-state index in [9.17, 15) is 29.2 Å². The third kappa shape index (κ3) is 10.9. The van der Waals surface area contributed by atoms with E-state index >= 15 is 0 Å². The average Bonchev–Trinajstić information content (AvgIpc) is 3.58. The first kappa shape index (κ1) is 42.0. The molecule has 53 heavy (non-hydrogen) atoms. The Morgan fingerprint density at radius 3 is 2.25 bits per heavy atom. The van der Waals surface area contributed by atoms with Gasteiger partial charge in [-0.1, -0.05) is 70.2 Å². The van der Waals surface area contributed by atoms with Gasteiger partial charge in [0, 0.05) is 55.5 Å². The zero-order valence-electron chi connectivity index (χ0n) is 33.2. The van der Waals surface area contributed by atoms with Gasteiger partial charge in [0.25, 0.3) is 0 Å². The Morgan fingerprint density at radius 2 is 1.62 bits per heavy atom. The lowest BCUT2D eigenvalue weighted by Gasteiger charge is -2.51. The number of hydrogen-bond acceptors (Lipinski definition) is 7. The van der Waals surface area contributed by atoms with Gasteiger partial charge in [-0.25, -0.2) is 0 Å². The fourth-order valence-electron chi connectivity index (χ4n) is 8.26. The number of hydrogen-bond donors (Lipinski definition) is 4. The molecule has 0 radical (unpaired) electrons. The first-order chi connectivity index (χ1) is 24.9. The summed E-state index contributed by atoms with van der Waals surface area (Å²) < 4.78 is 0. The predicted octanol–water partition coefficient (Wildman–Crippen LogP) is 4.21. The second-order valence-corrected chi connectivity index (χ2v) is 17.3. The zero-order valence-corrected chi connectivity index (χ0v) is 33.2. The molecule has 1 aromatic carbocycles. The highest BCUT2D eigenvalue weighted by Gasteiger charge is 2.47. The van der Waals surface area contributed by atoms with E-state index in [4.69, 9.17) is 0 Å². The van der Waals surface area contributed by atoms with Gasteiger partial charge < -0.3 is 31.0 Å². The van der Waals surface area contributed by atoms with Crippen LogP contribution in [0.15, 0.2) is 42.5 Å². The Hall–Kier alpha value is -3.77. The number of nitrogens with zero attached hydrogens (tertiary/aromatic N) is 3. The molecular weight excluding hydrogens is 672 g/mol. The maximum Gasteiger partial charge on any atom is 0.246 e. The number of hydroxylamine groups is 2. The summed E-state index contributed by atoms with van der Waals surface area (Å²) in [6.45, 7) is 16.6. The van der Waals surface area contributed by atoms with Gasteiger partial charge in [-0.05, 0) is 83.6 Å². The lowest BCUT2D eigenvalue weighted by atomic mass is 9.75. The normalized spacial score (nSPS) is 26.5. The number of carbonyl (C=O) groups excluding carboxylic acids is 5. The molecule has 2 fully saturated rings.